The van der Waals surface area contributed by atoms with Gasteiger partial charge in [0.05, 0.1) is 19.2 Å². The molecule has 7 heteroatoms. The smallest absolute Gasteiger partial charge is 0.315 e. The summed E-state index contributed by atoms with van der Waals surface area (Å²) >= 11 is 0. The fourth-order valence-electron chi connectivity index (χ4n) is 1.86. The van der Waals surface area contributed by atoms with Crippen molar-refractivity contribution in [1.29, 1.82) is 0 Å². The third-order valence-corrected chi connectivity index (χ3v) is 2.53. The number of carboxylic acids is 1. The zero-order valence-electron chi connectivity index (χ0n) is 12.0. The summed E-state index contributed by atoms with van der Waals surface area (Å²) < 4.78 is 4.85. The van der Waals surface area contributed by atoms with Crippen LogP contribution in [0.25, 0.3) is 0 Å². The molecule has 0 aromatic carbocycles. The Labute approximate surface area is 117 Å². The van der Waals surface area contributed by atoms with Crippen LogP contribution in [0.1, 0.15) is 39.4 Å². The third kappa shape index (κ3) is 6.77. The Balaban J connectivity index is 2.46. The van der Waals surface area contributed by atoms with Gasteiger partial charge in [-0.25, -0.2) is 4.79 Å². The molecule has 1 atom stereocenters. The largest absolute Gasteiger partial charge is 0.481 e. The first-order valence-electron chi connectivity index (χ1n) is 6.42. The van der Waals surface area contributed by atoms with E-state index in [0.717, 1.165) is 0 Å². The molecule has 0 radical (unpaired) electrons. The maximum absolute atomic E-state index is 11.7. The Kier molecular flexibility index (Phi) is 5.54. The highest BCUT2D eigenvalue weighted by molar-refractivity contribution is 5.75. The highest BCUT2D eigenvalue weighted by Gasteiger charge is 2.22. The number of amides is 2. The number of rotatable bonds is 6. The maximum atomic E-state index is 11.7. The lowest BCUT2D eigenvalue weighted by atomic mass is 9.87. The molecule has 1 heterocycles. The first kappa shape index (κ1) is 16.0. The first-order chi connectivity index (χ1) is 9.26. The molecule has 3 N–H and O–H groups in total. The highest BCUT2D eigenvalue weighted by Crippen LogP contribution is 2.22. The van der Waals surface area contributed by atoms with Gasteiger partial charge in [-0.15, -0.1) is 0 Å². The van der Waals surface area contributed by atoms with Crippen LogP contribution < -0.4 is 10.6 Å². The number of carbonyl (C=O) groups is 2. The van der Waals surface area contributed by atoms with Crippen molar-refractivity contribution in [1.82, 2.24) is 15.8 Å². The number of nitrogens with one attached hydrogen (secondary N) is 2. The van der Waals surface area contributed by atoms with Gasteiger partial charge in [0.15, 0.2) is 5.76 Å². The minimum absolute atomic E-state index is 0.0711. The maximum Gasteiger partial charge on any atom is 0.315 e. The average Bonchev–Trinajstić information content (AvgIpc) is 2.75. The van der Waals surface area contributed by atoms with Crippen LogP contribution in [0.15, 0.2) is 16.8 Å². The molecule has 0 spiro atoms. The van der Waals surface area contributed by atoms with Crippen molar-refractivity contribution in [2.24, 2.45) is 5.41 Å². The van der Waals surface area contributed by atoms with Crippen molar-refractivity contribution in [2.45, 2.75) is 46.2 Å². The second-order valence-electron chi connectivity index (χ2n) is 5.87. The Morgan fingerprint density at radius 3 is 2.65 bits per heavy atom. The highest BCUT2D eigenvalue weighted by atomic mass is 16.5. The van der Waals surface area contributed by atoms with Crippen molar-refractivity contribution in [3.05, 3.63) is 18.0 Å². The van der Waals surface area contributed by atoms with Crippen molar-refractivity contribution in [2.75, 3.05) is 0 Å². The average molecular weight is 283 g/mol. The Morgan fingerprint density at radius 1 is 1.45 bits per heavy atom. The van der Waals surface area contributed by atoms with E-state index in [0.29, 0.717) is 12.2 Å². The summed E-state index contributed by atoms with van der Waals surface area (Å²) in [4.78, 5) is 22.6. The number of aromatic nitrogens is 1. The van der Waals surface area contributed by atoms with E-state index in [1.54, 1.807) is 6.07 Å². The first-order valence-corrected chi connectivity index (χ1v) is 6.42. The van der Waals surface area contributed by atoms with E-state index in [1.807, 2.05) is 20.8 Å². The lowest BCUT2D eigenvalue weighted by Gasteiger charge is -2.25. The van der Waals surface area contributed by atoms with Crippen molar-refractivity contribution >= 4 is 12.0 Å². The van der Waals surface area contributed by atoms with Crippen LogP contribution in [0.4, 0.5) is 4.79 Å². The van der Waals surface area contributed by atoms with Gasteiger partial charge >= 0.3 is 12.0 Å². The van der Waals surface area contributed by atoms with Crippen LogP contribution in [-0.4, -0.2) is 28.3 Å². The van der Waals surface area contributed by atoms with Crippen molar-refractivity contribution in [3.63, 3.8) is 0 Å². The summed E-state index contributed by atoms with van der Waals surface area (Å²) in [5, 5.41) is 17.7. The van der Waals surface area contributed by atoms with E-state index >= 15 is 0 Å². The van der Waals surface area contributed by atoms with Gasteiger partial charge in [-0.1, -0.05) is 25.9 Å². The molecule has 1 unspecified atom stereocenters. The van der Waals surface area contributed by atoms with E-state index in [2.05, 4.69) is 15.8 Å². The monoisotopic (exact) mass is 283 g/mol. The van der Waals surface area contributed by atoms with Gasteiger partial charge in [-0.3, -0.25) is 4.79 Å². The number of nitrogens with zero attached hydrogens (tertiary/aromatic N) is 1. The van der Waals surface area contributed by atoms with Crippen LogP contribution in [0.2, 0.25) is 0 Å². The Morgan fingerprint density at radius 2 is 2.15 bits per heavy atom. The zero-order valence-corrected chi connectivity index (χ0v) is 12.0. The van der Waals surface area contributed by atoms with Crippen molar-refractivity contribution < 1.29 is 19.2 Å². The molecule has 0 aliphatic rings. The fraction of sp³-hybridized carbons (Fsp3) is 0.615. The molecule has 0 saturated heterocycles. The molecule has 0 aliphatic heterocycles. The van der Waals surface area contributed by atoms with Gasteiger partial charge in [0.1, 0.15) is 0 Å². The summed E-state index contributed by atoms with van der Waals surface area (Å²) in [5.41, 5.74) is -0.0711. The molecule has 7 nitrogen and oxygen atoms in total. The lowest BCUT2D eigenvalue weighted by molar-refractivity contribution is -0.137. The van der Waals surface area contributed by atoms with Gasteiger partial charge in [0, 0.05) is 12.1 Å². The molecule has 20 heavy (non-hydrogen) atoms. The zero-order chi connectivity index (χ0) is 15.2. The Bertz CT molecular complexity index is 437. The second kappa shape index (κ2) is 6.93. The molecule has 2 amide bonds. The quantitative estimate of drug-likeness (QED) is 0.737. The van der Waals surface area contributed by atoms with Crippen LogP contribution in [-0.2, 0) is 11.3 Å². The number of urea groups is 1. The molecule has 0 saturated carbocycles. The van der Waals surface area contributed by atoms with Crippen molar-refractivity contribution in [3.8, 4) is 0 Å². The molecular formula is C13H21N3O4. The summed E-state index contributed by atoms with van der Waals surface area (Å²) in [6, 6.07) is 0.809. The third-order valence-electron chi connectivity index (χ3n) is 2.53. The standard InChI is InChI=1S/C13H21N3O4/c1-13(2,3)7-9(6-11(17)18)16-12(19)14-8-10-4-5-15-20-10/h4-5,9H,6-8H2,1-3H3,(H,17,18)(H2,14,16,19). The minimum Gasteiger partial charge on any atom is -0.481 e. The molecule has 0 fully saturated rings. The molecule has 112 valence electrons. The van der Waals surface area contributed by atoms with E-state index < -0.39 is 18.0 Å². The number of carboxylic acid groups (broad SMARTS) is 1. The lowest BCUT2D eigenvalue weighted by Crippen LogP contribution is -2.44. The summed E-state index contributed by atoms with van der Waals surface area (Å²) in [5.74, 6) is -0.402. The second-order valence-corrected chi connectivity index (χ2v) is 5.87. The fourth-order valence-corrected chi connectivity index (χ4v) is 1.86. The van der Waals surface area contributed by atoms with Gasteiger partial charge in [0.2, 0.25) is 0 Å². The summed E-state index contributed by atoms with van der Waals surface area (Å²) in [6.45, 7) is 6.20. The van der Waals surface area contributed by atoms with Gasteiger partial charge in [-0.05, 0) is 11.8 Å². The molecule has 1 rings (SSSR count). The number of aliphatic carboxylic acids is 1. The topological polar surface area (TPSA) is 104 Å². The van der Waals surface area contributed by atoms with Crippen LogP contribution in [0.5, 0.6) is 0 Å². The number of hydrogen-bond acceptors (Lipinski definition) is 4. The molecule has 1 aromatic rings. The van der Waals surface area contributed by atoms with Gasteiger partial charge in [0.25, 0.3) is 0 Å². The van der Waals surface area contributed by atoms with E-state index in [-0.39, 0.29) is 18.4 Å². The van der Waals surface area contributed by atoms with Crippen LogP contribution in [0.3, 0.4) is 0 Å². The van der Waals surface area contributed by atoms with Gasteiger partial charge < -0.3 is 20.3 Å². The van der Waals surface area contributed by atoms with Crippen LogP contribution >= 0.6 is 0 Å². The summed E-state index contributed by atoms with van der Waals surface area (Å²) in [6.07, 6.45) is 1.96. The van der Waals surface area contributed by atoms with E-state index in [9.17, 15) is 9.59 Å². The van der Waals surface area contributed by atoms with Crippen LogP contribution in [0, 0.1) is 5.41 Å². The number of hydrogen-bond donors (Lipinski definition) is 3. The predicted octanol–water partition coefficient (Wildman–Crippen LogP) is 1.75. The SMILES string of the molecule is CC(C)(C)CC(CC(=O)O)NC(=O)NCc1ccno1. The molecule has 0 aliphatic carbocycles. The van der Waals surface area contributed by atoms with E-state index in [1.165, 1.54) is 6.20 Å². The number of carbonyl (C=O) groups excluding carboxylic acids is 1. The van der Waals surface area contributed by atoms with Gasteiger partial charge in [-0.2, -0.15) is 0 Å². The van der Waals surface area contributed by atoms with E-state index in [4.69, 9.17) is 9.63 Å². The minimum atomic E-state index is -0.935. The molecular weight excluding hydrogens is 262 g/mol. The summed E-state index contributed by atoms with van der Waals surface area (Å²) in [7, 11) is 0. The molecule has 0 bridgehead atoms. The predicted molar refractivity (Wildman–Crippen MR) is 72.0 cm³/mol. The normalized spacial score (nSPS) is 12.8. The molecule has 1 aromatic heterocycles. The Hall–Kier alpha value is -2.05.